The molecule has 1 amide bonds. The summed E-state index contributed by atoms with van der Waals surface area (Å²) < 4.78 is 40.0. The van der Waals surface area contributed by atoms with E-state index in [0.29, 0.717) is 31.8 Å². The molecule has 1 saturated carbocycles. The number of aliphatic imine (C=N–C) groups is 1. The first-order chi connectivity index (χ1) is 15.2. The number of carboxylic acid groups (broad SMARTS) is 1. The molecule has 32 heavy (non-hydrogen) atoms. The lowest BCUT2D eigenvalue weighted by Crippen LogP contribution is -2.51. The third-order valence-corrected chi connectivity index (χ3v) is 5.80. The molecule has 168 valence electrons. The van der Waals surface area contributed by atoms with Crippen LogP contribution in [0.1, 0.15) is 34.3 Å². The van der Waals surface area contributed by atoms with Gasteiger partial charge in [0.1, 0.15) is 5.84 Å². The fraction of sp³-hybridized carbons (Fsp3) is 0.348. The number of rotatable bonds is 4. The lowest BCUT2D eigenvalue weighted by molar-refractivity contribution is -0.139. The van der Waals surface area contributed by atoms with Crippen LogP contribution in [0.4, 0.5) is 13.2 Å². The summed E-state index contributed by atoms with van der Waals surface area (Å²) in [5, 5.41) is 9.56. The highest BCUT2D eigenvalue weighted by Gasteiger charge is 2.51. The maximum absolute atomic E-state index is 13.3. The molecule has 0 bridgehead atoms. The number of piperazine rings is 1. The van der Waals surface area contributed by atoms with Crippen molar-refractivity contribution in [3.05, 3.63) is 71.3 Å². The van der Waals surface area contributed by atoms with Gasteiger partial charge in [-0.2, -0.15) is 13.2 Å². The number of carboxylic acids is 1. The van der Waals surface area contributed by atoms with Gasteiger partial charge in [0.15, 0.2) is 5.54 Å². The molecule has 0 unspecified atom stereocenters. The van der Waals surface area contributed by atoms with E-state index in [0.717, 1.165) is 11.6 Å². The van der Waals surface area contributed by atoms with Crippen molar-refractivity contribution in [3.63, 3.8) is 0 Å². The summed E-state index contributed by atoms with van der Waals surface area (Å²) in [6.45, 7) is 1.08. The number of carbonyl (C=O) groups excluding carboxylic acids is 1. The van der Waals surface area contributed by atoms with Crippen LogP contribution in [0.15, 0.2) is 59.6 Å². The van der Waals surface area contributed by atoms with E-state index >= 15 is 0 Å². The molecule has 1 N–H and O–H groups in total. The number of benzene rings is 2. The highest BCUT2D eigenvalue weighted by atomic mass is 19.4. The van der Waals surface area contributed by atoms with Crippen molar-refractivity contribution < 1.29 is 27.9 Å². The number of halogens is 3. The Morgan fingerprint density at radius 3 is 2.00 bits per heavy atom. The Labute approximate surface area is 183 Å². The molecule has 9 heteroatoms. The molecular formula is C23H22F3N3O3. The van der Waals surface area contributed by atoms with E-state index in [2.05, 4.69) is 4.99 Å². The molecule has 0 spiro atoms. The molecule has 2 fully saturated rings. The van der Waals surface area contributed by atoms with Gasteiger partial charge in [-0.15, -0.1) is 0 Å². The molecule has 1 saturated heterocycles. The van der Waals surface area contributed by atoms with Gasteiger partial charge >= 0.3 is 12.1 Å². The van der Waals surface area contributed by atoms with E-state index in [1.165, 1.54) is 23.1 Å². The SMILES string of the molecule is O=C(c1ccccc1C(F)(F)F)N1CCN(C(=NC2(C(=O)O)CC2)c2ccccc2)CC1. The lowest BCUT2D eigenvalue weighted by atomic mass is 10.1. The zero-order valence-corrected chi connectivity index (χ0v) is 17.2. The third-order valence-electron chi connectivity index (χ3n) is 5.80. The van der Waals surface area contributed by atoms with Gasteiger partial charge in [0.25, 0.3) is 5.91 Å². The van der Waals surface area contributed by atoms with Gasteiger partial charge < -0.3 is 14.9 Å². The molecule has 2 aliphatic rings. The van der Waals surface area contributed by atoms with Gasteiger partial charge in [0.2, 0.25) is 0 Å². The van der Waals surface area contributed by atoms with Crippen molar-refractivity contribution in [2.75, 3.05) is 26.2 Å². The van der Waals surface area contributed by atoms with Crippen molar-refractivity contribution in [1.29, 1.82) is 0 Å². The molecule has 6 nitrogen and oxygen atoms in total. The first-order valence-corrected chi connectivity index (χ1v) is 10.3. The Morgan fingerprint density at radius 2 is 1.44 bits per heavy atom. The smallest absolute Gasteiger partial charge is 0.417 e. The average molecular weight is 445 g/mol. The quantitative estimate of drug-likeness (QED) is 0.577. The summed E-state index contributed by atoms with van der Waals surface area (Å²) in [5.74, 6) is -1.10. The second-order valence-electron chi connectivity index (χ2n) is 7.96. The molecule has 0 atom stereocenters. The molecule has 1 aliphatic heterocycles. The van der Waals surface area contributed by atoms with Crippen LogP contribution >= 0.6 is 0 Å². The van der Waals surface area contributed by atoms with E-state index in [-0.39, 0.29) is 18.7 Å². The van der Waals surface area contributed by atoms with Crippen LogP contribution in [0, 0.1) is 0 Å². The highest BCUT2D eigenvalue weighted by Crippen LogP contribution is 2.41. The molecule has 4 rings (SSSR count). The number of amidine groups is 1. The van der Waals surface area contributed by atoms with Gasteiger partial charge in [-0.1, -0.05) is 42.5 Å². The summed E-state index contributed by atoms with van der Waals surface area (Å²) in [6, 6.07) is 14.0. The Morgan fingerprint density at radius 1 is 0.875 bits per heavy atom. The Kier molecular flexibility index (Phi) is 5.66. The predicted molar refractivity (Wildman–Crippen MR) is 112 cm³/mol. The normalized spacial score (nSPS) is 18.4. The van der Waals surface area contributed by atoms with Crippen molar-refractivity contribution in [2.24, 2.45) is 4.99 Å². The standard InChI is InChI=1S/C23H22F3N3O3/c24-23(25,26)18-9-5-4-8-17(18)20(30)29-14-12-28(13-15-29)19(16-6-2-1-3-7-16)27-22(10-11-22)21(31)32/h1-9H,10-15H2,(H,31,32). The van der Waals surface area contributed by atoms with Crippen molar-refractivity contribution >= 4 is 17.7 Å². The number of amides is 1. The topological polar surface area (TPSA) is 73.2 Å². The summed E-state index contributed by atoms with van der Waals surface area (Å²) in [4.78, 5) is 32.4. The largest absolute Gasteiger partial charge is 0.479 e. The van der Waals surface area contributed by atoms with Crippen molar-refractivity contribution in [2.45, 2.75) is 24.6 Å². The van der Waals surface area contributed by atoms with E-state index in [4.69, 9.17) is 0 Å². The highest BCUT2D eigenvalue weighted by molar-refractivity contribution is 6.01. The van der Waals surface area contributed by atoms with E-state index in [1.807, 2.05) is 35.2 Å². The van der Waals surface area contributed by atoms with Crippen LogP contribution < -0.4 is 0 Å². The van der Waals surface area contributed by atoms with Crippen LogP contribution in [0.25, 0.3) is 0 Å². The van der Waals surface area contributed by atoms with Crippen LogP contribution in [-0.4, -0.2) is 64.3 Å². The first kappa shape index (κ1) is 21.9. The molecule has 1 heterocycles. The lowest BCUT2D eigenvalue weighted by Gasteiger charge is -2.37. The molecule has 2 aromatic carbocycles. The van der Waals surface area contributed by atoms with Gasteiger partial charge in [0, 0.05) is 31.7 Å². The van der Waals surface area contributed by atoms with Gasteiger partial charge in [-0.3, -0.25) is 4.79 Å². The fourth-order valence-electron chi connectivity index (χ4n) is 3.81. The predicted octanol–water partition coefficient (Wildman–Crippen LogP) is 3.53. The number of carbonyl (C=O) groups is 2. The molecule has 0 aromatic heterocycles. The van der Waals surface area contributed by atoms with Crippen LogP contribution in [0.3, 0.4) is 0 Å². The minimum absolute atomic E-state index is 0.205. The summed E-state index contributed by atoms with van der Waals surface area (Å²) in [5.41, 5.74) is -1.67. The van der Waals surface area contributed by atoms with Crippen LogP contribution in [-0.2, 0) is 11.0 Å². The maximum atomic E-state index is 13.3. The zero-order valence-electron chi connectivity index (χ0n) is 17.2. The average Bonchev–Trinajstić information content (AvgIpc) is 3.58. The minimum Gasteiger partial charge on any atom is -0.479 e. The fourth-order valence-corrected chi connectivity index (χ4v) is 3.81. The van der Waals surface area contributed by atoms with Gasteiger partial charge in [-0.25, -0.2) is 9.79 Å². The monoisotopic (exact) mass is 445 g/mol. The van der Waals surface area contributed by atoms with Crippen molar-refractivity contribution in [3.8, 4) is 0 Å². The Balaban J connectivity index is 1.54. The second-order valence-corrected chi connectivity index (χ2v) is 7.96. The van der Waals surface area contributed by atoms with E-state index in [1.54, 1.807) is 0 Å². The summed E-state index contributed by atoms with van der Waals surface area (Å²) >= 11 is 0. The summed E-state index contributed by atoms with van der Waals surface area (Å²) in [6.07, 6.45) is -3.69. The van der Waals surface area contributed by atoms with Crippen LogP contribution in [0.2, 0.25) is 0 Å². The van der Waals surface area contributed by atoms with Gasteiger partial charge in [0.05, 0.1) is 11.1 Å². The van der Waals surface area contributed by atoms with Gasteiger partial charge in [-0.05, 0) is 25.0 Å². The number of hydrogen-bond acceptors (Lipinski definition) is 3. The number of aliphatic carboxylic acids is 1. The zero-order chi connectivity index (χ0) is 22.9. The van der Waals surface area contributed by atoms with E-state index < -0.39 is 29.2 Å². The van der Waals surface area contributed by atoms with E-state index in [9.17, 15) is 27.9 Å². The first-order valence-electron chi connectivity index (χ1n) is 10.3. The molecule has 1 aliphatic carbocycles. The van der Waals surface area contributed by atoms with Crippen LogP contribution in [0.5, 0.6) is 0 Å². The maximum Gasteiger partial charge on any atom is 0.417 e. The third kappa shape index (κ3) is 4.32. The second kappa shape index (κ2) is 8.29. The van der Waals surface area contributed by atoms with Crippen molar-refractivity contribution in [1.82, 2.24) is 9.80 Å². The molecule has 0 radical (unpaired) electrons. The number of alkyl halides is 3. The summed E-state index contributed by atoms with van der Waals surface area (Å²) in [7, 11) is 0. The minimum atomic E-state index is -4.61. The number of nitrogens with zero attached hydrogens (tertiary/aromatic N) is 3. The Bertz CT molecular complexity index is 1040. The Hall–Kier alpha value is -3.36. The molecule has 2 aromatic rings. The number of hydrogen-bond donors (Lipinski definition) is 1. The molecular weight excluding hydrogens is 423 g/mol.